The van der Waals surface area contributed by atoms with Gasteiger partial charge in [0.05, 0.1) is 35.2 Å². The summed E-state index contributed by atoms with van der Waals surface area (Å²) in [5, 5.41) is 62.3. The maximum absolute atomic E-state index is 12.1. The molecule has 2 aliphatic rings. The van der Waals surface area contributed by atoms with Gasteiger partial charge in [0.15, 0.2) is 5.79 Å². The van der Waals surface area contributed by atoms with Crippen molar-refractivity contribution in [2.24, 2.45) is 11.8 Å². The minimum Gasteiger partial charge on any atom is -0.481 e. The number of carbonyl (C=O) groups is 2. The van der Waals surface area contributed by atoms with Crippen LogP contribution in [-0.2, 0) is 19.1 Å². The molecule has 6 N–H and O–H groups in total. The molecule has 0 radical (unpaired) electrons. The van der Waals surface area contributed by atoms with Gasteiger partial charge in [0, 0.05) is 29.3 Å². The summed E-state index contributed by atoms with van der Waals surface area (Å²) in [5.74, 6) is -5.04. The van der Waals surface area contributed by atoms with Crippen LogP contribution in [0.2, 0.25) is 0 Å². The molecule has 0 aromatic rings. The lowest BCUT2D eigenvalue weighted by atomic mass is 9.85. The molecule has 44 heavy (non-hydrogen) atoms. The number of allylic oxidation sites excluding steroid dienone is 9. The van der Waals surface area contributed by atoms with E-state index in [1.165, 1.54) is 12.2 Å². The van der Waals surface area contributed by atoms with Crippen LogP contribution in [-0.4, -0.2) is 89.8 Å². The van der Waals surface area contributed by atoms with E-state index < -0.39 is 71.0 Å². The minimum absolute atomic E-state index is 0.0822. The summed E-state index contributed by atoms with van der Waals surface area (Å²) in [7, 11) is 0. The van der Waals surface area contributed by atoms with Crippen molar-refractivity contribution in [3.8, 4) is 0 Å². The lowest BCUT2D eigenvalue weighted by Crippen LogP contribution is -2.61. The zero-order valence-electron chi connectivity index (χ0n) is 25.1. The average Bonchev–Trinajstić information content (AvgIpc) is 2.98. The van der Waals surface area contributed by atoms with Crippen molar-refractivity contribution in [1.29, 1.82) is 0 Å². The molecular formula is C32H44Br2O10. The average molecular weight is 749 g/mol. The molecule has 2 fully saturated rings. The second-order valence-corrected chi connectivity index (χ2v) is 13.1. The summed E-state index contributed by atoms with van der Waals surface area (Å²) in [6, 6.07) is 0. The van der Waals surface area contributed by atoms with Crippen LogP contribution in [0.5, 0.6) is 0 Å². The normalized spacial score (nSPS) is 32.9. The third-order valence-electron chi connectivity index (χ3n) is 7.62. The molecule has 2 rings (SSSR count). The Kier molecular flexibility index (Phi) is 15.9. The number of carboxylic acid groups (broad SMARTS) is 1. The van der Waals surface area contributed by atoms with Gasteiger partial charge in [-0.25, -0.2) is 4.79 Å². The summed E-state index contributed by atoms with van der Waals surface area (Å²) in [4.78, 5) is 22.8. The van der Waals surface area contributed by atoms with Gasteiger partial charge in [0.2, 0.25) is 0 Å². The molecule has 0 aromatic carbocycles. The van der Waals surface area contributed by atoms with Gasteiger partial charge in [-0.05, 0) is 26.2 Å². The predicted octanol–water partition coefficient (Wildman–Crippen LogP) is 3.96. The number of halogens is 2. The van der Waals surface area contributed by atoms with Gasteiger partial charge in [-0.3, -0.25) is 4.79 Å². The van der Waals surface area contributed by atoms with E-state index in [0.29, 0.717) is 10.9 Å². The van der Waals surface area contributed by atoms with Crippen molar-refractivity contribution in [3.05, 3.63) is 70.8 Å². The number of aliphatic hydroxyl groups excluding tert-OH is 4. The van der Waals surface area contributed by atoms with Gasteiger partial charge < -0.3 is 40.1 Å². The lowest BCUT2D eigenvalue weighted by Gasteiger charge is -2.45. The van der Waals surface area contributed by atoms with Crippen LogP contribution in [0, 0.1) is 11.8 Å². The summed E-state index contributed by atoms with van der Waals surface area (Å²) >= 11 is 6.79. The Hall–Kier alpha value is -1.90. The van der Waals surface area contributed by atoms with E-state index in [9.17, 15) is 35.1 Å². The Labute approximate surface area is 275 Å². The maximum Gasteiger partial charge on any atom is 0.331 e. The first kappa shape index (κ1) is 38.3. The van der Waals surface area contributed by atoms with E-state index in [4.69, 9.17) is 14.6 Å². The highest BCUT2D eigenvalue weighted by molar-refractivity contribution is 9.11. The van der Waals surface area contributed by atoms with Crippen LogP contribution in [0.15, 0.2) is 70.8 Å². The van der Waals surface area contributed by atoms with Gasteiger partial charge in [0.1, 0.15) is 12.2 Å². The van der Waals surface area contributed by atoms with E-state index in [1.54, 1.807) is 49.5 Å². The summed E-state index contributed by atoms with van der Waals surface area (Å²) in [6.07, 6.45) is 11.2. The molecule has 0 amide bonds. The second kappa shape index (κ2) is 18.3. The van der Waals surface area contributed by atoms with Gasteiger partial charge in [-0.2, -0.15) is 0 Å². The van der Waals surface area contributed by atoms with Crippen molar-refractivity contribution in [2.45, 2.75) is 100 Å². The summed E-state index contributed by atoms with van der Waals surface area (Å²) in [5.41, 5.74) is 0.853. The molecule has 10 unspecified atom stereocenters. The van der Waals surface area contributed by atoms with Crippen LogP contribution in [0.25, 0.3) is 0 Å². The van der Waals surface area contributed by atoms with Crippen LogP contribution in [0.3, 0.4) is 0 Å². The monoisotopic (exact) mass is 746 g/mol. The zero-order chi connectivity index (χ0) is 33.0. The highest BCUT2D eigenvalue weighted by Crippen LogP contribution is 2.37. The van der Waals surface area contributed by atoms with E-state index in [1.807, 2.05) is 19.9 Å². The van der Waals surface area contributed by atoms with Crippen LogP contribution in [0.1, 0.15) is 52.9 Å². The molecule has 0 aromatic heterocycles. The van der Waals surface area contributed by atoms with Crippen LogP contribution in [0.4, 0.5) is 0 Å². The zero-order valence-corrected chi connectivity index (χ0v) is 28.2. The number of hydrogen-bond donors (Lipinski definition) is 6. The van der Waals surface area contributed by atoms with E-state index in [0.717, 1.165) is 12.0 Å². The first-order valence-corrected chi connectivity index (χ1v) is 16.3. The highest BCUT2D eigenvalue weighted by Gasteiger charge is 2.51. The predicted molar refractivity (Wildman–Crippen MR) is 173 cm³/mol. The Bertz CT molecular complexity index is 1150. The number of carbonyl (C=O) groups excluding carboxylic acids is 1. The quantitative estimate of drug-likeness (QED) is 0.0532. The molecule has 12 heteroatoms. The highest BCUT2D eigenvalue weighted by atomic mass is 79.9. The summed E-state index contributed by atoms with van der Waals surface area (Å²) < 4.78 is 11.5. The Morgan fingerprint density at radius 1 is 1.07 bits per heavy atom. The molecule has 1 aliphatic heterocycles. The fraction of sp³-hybridized carbons (Fsp3) is 0.562. The van der Waals surface area contributed by atoms with E-state index in [-0.39, 0.29) is 19.3 Å². The fourth-order valence-electron chi connectivity index (χ4n) is 4.85. The first-order valence-electron chi connectivity index (χ1n) is 14.6. The smallest absolute Gasteiger partial charge is 0.331 e. The SMILES string of the molecule is CC/C=C/C1OC(O)(C(O)C(O)C(C)/C(Br)=C/C=C/C=C(C)/C=C/C=C/C(=O)OC2CC(C(=O)O)CCC2O)CC(O)C1Br. The number of aliphatic hydroxyl groups is 5. The number of esters is 1. The molecule has 1 aliphatic carbocycles. The number of ether oxygens (including phenoxy) is 2. The molecule has 0 bridgehead atoms. The van der Waals surface area contributed by atoms with Gasteiger partial charge in [-0.1, -0.05) is 106 Å². The van der Waals surface area contributed by atoms with Crippen molar-refractivity contribution in [1.82, 2.24) is 0 Å². The first-order chi connectivity index (χ1) is 20.7. The van der Waals surface area contributed by atoms with Crippen molar-refractivity contribution < 1.29 is 49.7 Å². The van der Waals surface area contributed by atoms with Crippen molar-refractivity contribution in [3.63, 3.8) is 0 Å². The molecule has 246 valence electrons. The molecule has 1 saturated carbocycles. The largest absolute Gasteiger partial charge is 0.481 e. The number of alkyl halides is 1. The Morgan fingerprint density at radius 2 is 1.73 bits per heavy atom. The molecule has 10 atom stereocenters. The molecule has 10 nitrogen and oxygen atoms in total. The molecule has 1 saturated heterocycles. The Morgan fingerprint density at radius 3 is 2.39 bits per heavy atom. The van der Waals surface area contributed by atoms with Gasteiger partial charge in [-0.15, -0.1) is 0 Å². The topological polar surface area (TPSA) is 174 Å². The molecular weight excluding hydrogens is 704 g/mol. The van der Waals surface area contributed by atoms with Crippen molar-refractivity contribution in [2.75, 3.05) is 0 Å². The molecule has 1 heterocycles. The lowest BCUT2D eigenvalue weighted by molar-refractivity contribution is -0.315. The van der Waals surface area contributed by atoms with Crippen LogP contribution < -0.4 is 0 Å². The maximum atomic E-state index is 12.1. The molecule has 0 spiro atoms. The Balaban J connectivity index is 1.90. The third kappa shape index (κ3) is 11.5. The number of rotatable bonds is 13. The van der Waals surface area contributed by atoms with Crippen molar-refractivity contribution >= 4 is 43.8 Å². The van der Waals surface area contributed by atoms with Crippen LogP contribution >= 0.6 is 31.9 Å². The van der Waals surface area contributed by atoms with E-state index in [2.05, 4.69) is 31.9 Å². The van der Waals surface area contributed by atoms with Gasteiger partial charge in [0.25, 0.3) is 0 Å². The summed E-state index contributed by atoms with van der Waals surface area (Å²) in [6.45, 7) is 5.45. The standard InChI is InChI=1S/C32H44Br2O10/c1-4-5-13-25-28(34)24(36)18-32(42,44-25)30(39)29(38)20(3)22(33)12-8-6-10-19(2)11-7-9-14-27(37)43-26-17-21(31(40)41)15-16-23(26)35/h5-14,20-21,23-26,28-30,35-36,38-39,42H,4,15-18H2,1-3H3,(H,40,41)/b8-6+,11-7+,13-5+,14-9+,19-10+,22-12-. The fourth-order valence-corrected chi connectivity index (χ4v) is 5.74. The van der Waals surface area contributed by atoms with Gasteiger partial charge >= 0.3 is 11.9 Å². The number of aliphatic carboxylic acids is 1. The second-order valence-electron chi connectivity index (χ2n) is 11.2. The number of hydrogen-bond acceptors (Lipinski definition) is 9. The number of carboxylic acids is 1. The third-order valence-corrected chi connectivity index (χ3v) is 9.74. The van der Waals surface area contributed by atoms with E-state index >= 15 is 0 Å². The minimum atomic E-state index is -2.15.